The van der Waals surface area contributed by atoms with E-state index in [9.17, 15) is 0 Å². The third-order valence-corrected chi connectivity index (χ3v) is 4.06. The third kappa shape index (κ3) is 2.31. The summed E-state index contributed by atoms with van der Waals surface area (Å²) in [6, 6.07) is 13.9. The summed E-state index contributed by atoms with van der Waals surface area (Å²) in [5, 5.41) is 3.92. The first-order valence-electron chi connectivity index (χ1n) is 6.52. The average molecular weight is 319 g/mol. The molecule has 5 heteroatoms. The van der Waals surface area contributed by atoms with Crippen LogP contribution in [0.3, 0.4) is 0 Å². The molecule has 0 fully saturated rings. The fraction of sp³-hybridized carbons (Fsp3) is 0.125. The number of ether oxygens (including phenoxy) is 2. The number of methoxy groups -OCH3 is 2. The zero-order valence-corrected chi connectivity index (χ0v) is 13.2. The number of rotatable bonds is 3. The number of fused-ring (bicyclic) bond motifs is 2. The van der Waals surface area contributed by atoms with Crippen LogP contribution in [0.2, 0.25) is 0 Å². The topological polar surface area (TPSA) is 18.5 Å². The van der Waals surface area contributed by atoms with Gasteiger partial charge >= 0.3 is 5.54 Å². The van der Waals surface area contributed by atoms with Crippen LogP contribution in [0, 0.1) is 0 Å². The summed E-state index contributed by atoms with van der Waals surface area (Å²) >= 11 is 12.5. The van der Waals surface area contributed by atoms with Crippen LogP contribution >= 0.6 is 22.9 Å². The number of hydrogen-bond acceptors (Lipinski definition) is 2. The molecule has 0 saturated heterocycles. The van der Waals surface area contributed by atoms with Crippen molar-refractivity contribution in [1.29, 1.82) is 0 Å². The van der Waals surface area contributed by atoms with E-state index in [2.05, 4.69) is 6.07 Å². The summed E-state index contributed by atoms with van der Waals surface area (Å²) < 4.78 is 11.0. The van der Waals surface area contributed by atoms with E-state index in [0.717, 1.165) is 38.5 Å². The zero-order chi connectivity index (χ0) is 15.0. The van der Waals surface area contributed by atoms with Gasteiger partial charge in [0.25, 0.3) is 0 Å². The van der Waals surface area contributed by atoms with Gasteiger partial charge in [0.15, 0.2) is 0 Å². The van der Waals surface area contributed by atoms with Crippen LogP contribution in [0.15, 0.2) is 42.5 Å². The second kappa shape index (κ2) is 5.66. The molecular weight excluding hydrogens is 306 g/mol. The molecule has 2 nitrogen and oxygen atoms in total. The van der Waals surface area contributed by atoms with Gasteiger partial charge in [0, 0.05) is 10.8 Å². The van der Waals surface area contributed by atoms with E-state index >= 15 is 0 Å². The van der Waals surface area contributed by atoms with E-state index in [1.54, 1.807) is 14.2 Å². The molecule has 106 valence electrons. The fourth-order valence-corrected chi connectivity index (χ4v) is 3.20. The highest BCUT2D eigenvalue weighted by Crippen LogP contribution is 2.33. The van der Waals surface area contributed by atoms with Crippen molar-refractivity contribution in [2.75, 3.05) is 14.2 Å². The smallest absolute Gasteiger partial charge is 0.384 e. The Morgan fingerprint density at radius 1 is 0.810 bits per heavy atom. The summed E-state index contributed by atoms with van der Waals surface area (Å²) in [6.07, 6.45) is 0. The van der Waals surface area contributed by atoms with Gasteiger partial charge in [-0.3, -0.25) is 0 Å². The van der Waals surface area contributed by atoms with E-state index in [1.807, 2.05) is 36.4 Å². The first-order valence-corrected chi connectivity index (χ1v) is 7.39. The van der Waals surface area contributed by atoms with E-state index in [-0.39, 0.29) is 0 Å². The van der Waals surface area contributed by atoms with Gasteiger partial charge in [0.2, 0.25) is 0 Å². The maximum absolute atomic E-state index is 6.27. The molecular formula is C16H13BCl2O2. The molecule has 0 amide bonds. The molecule has 0 saturated carbocycles. The summed E-state index contributed by atoms with van der Waals surface area (Å²) in [5.74, 6) is 1.50. The maximum Gasteiger partial charge on any atom is 0.384 e. The van der Waals surface area contributed by atoms with Gasteiger partial charge in [-0.1, -0.05) is 24.3 Å². The molecule has 3 aromatic carbocycles. The Morgan fingerprint density at radius 2 is 1.29 bits per heavy atom. The van der Waals surface area contributed by atoms with Gasteiger partial charge in [-0.05, 0) is 34.4 Å². The van der Waals surface area contributed by atoms with Crippen LogP contribution in [0.5, 0.6) is 11.5 Å². The van der Waals surface area contributed by atoms with Gasteiger partial charge in [0.1, 0.15) is 11.5 Å². The summed E-state index contributed by atoms with van der Waals surface area (Å²) in [6.45, 7) is 0. The minimum absolute atomic E-state index is 0.677. The molecule has 0 bridgehead atoms. The monoisotopic (exact) mass is 318 g/mol. The summed E-state index contributed by atoms with van der Waals surface area (Å²) in [7, 11) is 3.28. The molecule has 0 heterocycles. The van der Waals surface area contributed by atoms with Crippen LogP contribution in [0.25, 0.3) is 21.5 Å². The van der Waals surface area contributed by atoms with Crippen molar-refractivity contribution in [2.24, 2.45) is 0 Å². The molecule has 0 aliphatic heterocycles. The van der Waals surface area contributed by atoms with Gasteiger partial charge in [0.05, 0.1) is 14.2 Å². The minimum atomic E-state index is -0.677. The summed E-state index contributed by atoms with van der Waals surface area (Å²) in [4.78, 5) is 0. The molecule has 0 aliphatic carbocycles. The van der Waals surface area contributed by atoms with Crippen LogP contribution in [0.4, 0.5) is 0 Å². The van der Waals surface area contributed by atoms with E-state index in [0.29, 0.717) is 0 Å². The van der Waals surface area contributed by atoms with Crippen molar-refractivity contribution in [2.45, 2.75) is 0 Å². The Hall–Kier alpha value is -1.58. The Bertz CT molecular complexity index is 756. The first kappa shape index (κ1) is 14.4. The lowest BCUT2D eigenvalue weighted by Crippen LogP contribution is -2.21. The molecule has 0 atom stereocenters. The zero-order valence-electron chi connectivity index (χ0n) is 11.7. The largest absolute Gasteiger partial charge is 0.496 e. The van der Waals surface area contributed by atoms with Crippen LogP contribution in [-0.4, -0.2) is 19.8 Å². The van der Waals surface area contributed by atoms with E-state index in [4.69, 9.17) is 32.4 Å². The molecule has 21 heavy (non-hydrogen) atoms. The molecule has 0 unspecified atom stereocenters. The van der Waals surface area contributed by atoms with Crippen LogP contribution in [-0.2, 0) is 0 Å². The predicted molar refractivity (Wildman–Crippen MR) is 91.7 cm³/mol. The molecule has 3 aromatic rings. The quantitative estimate of drug-likeness (QED) is 0.532. The lowest BCUT2D eigenvalue weighted by Gasteiger charge is -2.16. The molecule has 0 radical (unpaired) electrons. The second-order valence-corrected chi connectivity index (χ2v) is 5.80. The Labute approximate surface area is 133 Å². The normalized spacial score (nSPS) is 10.9. The Kier molecular flexibility index (Phi) is 3.88. The van der Waals surface area contributed by atoms with Crippen LogP contribution in [0.1, 0.15) is 0 Å². The molecule has 3 rings (SSSR count). The van der Waals surface area contributed by atoms with Crippen molar-refractivity contribution in [1.82, 2.24) is 0 Å². The lowest BCUT2D eigenvalue weighted by molar-refractivity contribution is 0.419. The molecule has 0 N–H and O–H groups in total. The van der Waals surface area contributed by atoms with Gasteiger partial charge in [-0.15, -0.1) is 0 Å². The van der Waals surface area contributed by atoms with Crippen molar-refractivity contribution in [3.63, 3.8) is 0 Å². The highest BCUT2D eigenvalue weighted by molar-refractivity contribution is 7.40. The van der Waals surface area contributed by atoms with Crippen molar-refractivity contribution < 1.29 is 9.47 Å². The standard InChI is InChI=1S/C16H13BCl2O2/c1-20-12-7-3-5-10-9-11-6-4-8-13(21-2)15(11)16(14(10)12)17(18)19/h3-9H,1-2H3. The highest BCUT2D eigenvalue weighted by Gasteiger charge is 2.22. The van der Waals surface area contributed by atoms with Crippen molar-refractivity contribution in [3.8, 4) is 11.5 Å². The SMILES string of the molecule is COc1cccc2cc3cccc(OC)c3c(B(Cl)Cl)c12. The van der Waals surface area contributed by atoms with Crippen molar-refractivity contribution >= 4 is 55.5 Å². The Morgan fingerprint density at radius 3 is 1.67 bits per heavy atom. The van der Waals surface area contributed by atoms with Crippen LogP contribution < -0.4 is 14.9 Å². The van der Waals surface area contributed by atoms with Crippen molar-refractivity contribution in [3.05, 3.63) is 42.5 Å². The Balaban J connectivity index is 2.59. The van der Waals surface area contributed by atoms with E-state index < -0.39 is 5.54 Å². The average Bonchev–Trinajstić information content (AvgIpc) is 2.50. The van der Waals surface area contributed by atoms with E-state index in [1.165, 1.54) is 0 Å². The van der Waals surface area contributed by atoms with Gasteiger partial charge in [-0.2, -0.15) is 22.9 Å². The molecule has 0 aliphatic rings. The first-order chi connectivity index (χ1) is 10.2. The number of hydrogen-bond donors (Lipinski definition) is 0. The molecule has 0 aromatic heterocycles. The summed E-state index contributed by atoms with van der Waals surface area (Å²) in [5.41, 5.74) is 0.143. The van der Waals surface area contributed by atoms with Gasteiger partial charge < -0.3 is 9.47 Å². The maximum atomic E-state index is 6.27. The second-order valence-electron chi connectivity index (χ2n) is 4.71. The lowest BCUT2D eigenvalue weighted by atomic mass is 9.82. The number of halogens is 2. The minimum Gasteiger partial charge on any atom is -0.496 e. The fourth-order valence-electron chi connectivity index (χ4n) is 2.76. The third-order valence-electron chi connectivity index (χ3n) is 3.62. The highest BCUT2D eigenvalue weighted by atomic mass is 35.5. The molecule has 0 spiro atoms. The predicted octanol–water partition coefficient (Wildman–Crippen LogP) is 4.18. The number of benzene rings is 3. The van der Waals surface area contributed by atoms with Gasteiger partial charge in [-0.25, -0.2) is 0 Å².